The van der Waals surface area contributed by atoms with Crippen molar-refractivity contribution in [1.29, 1.82) is 0 Å². The first-order chi connectivity index (χ1) is 13.2. The monoisotopic (exact) mass is 365 g/mol. The molecule has 142 valence electrons. The van der Waals surface area contributed by atoms with Crippen LogP contribution in [0.1, 0.15) is 41.4 Å². The highest BCUT2D eigenvalue weighted by Crippen LogP contribution is 2.28. The number of aromatic nitrogens is 2. The van der Waals surface area contributed by atoms with Gasteiger partial charge in [0.15, 0.2) is 5.78 Å². The SMILES string of the molecule is CCNc1nc(N2CCN(Cc3ccccc3)CC2)nc2c1C(=O)CCC2. The molecule has 0 spiro atoms. The number of anilines is 2. The van der Waals surface area contributed by atoms with Crippen LogP contribution in [0.2, 0.25) is 0 Å². The molecule has 6 heteroatoms. The molecular weight excluding hydrogens is 338 g/mol. The molecule has 1 aromatic carbocycles. The van der Waals surface area contributed by atoms with Gasteiger partial charge in [-0.05, 0) is 25.3 Å². The van der Waals surface area contributed by atoms with Crippen LogP contribution in [0, 0.1) is 0 Å². The van der Waals surface area contributed by atoms with Crippen molar-refractivity contribution >= 4 is 17.5 Å². The predicted molar refractivity (Wildman–Crippen MR) is 107 cm³/mol. The van der Waals surface area contributed by atoms with Gasteiger partial charge in [0.25, 0.3) is 0 Å². The van der Waals surface area contributed by atoms with Gasteiger partial charge < -0.3 is 10.2 Å². The highest BCUT2D eigenvalue weighted by molar-refractivity contribution is 6.02. The number of ketones is 1. The highest BCUT2D eigenvalue weighted by atomic mass is 16.1. The number of rotatable bonds is 5. The number of hydrogen-bond donors (Lipinski definition) is 1. The van der Waals surface area contributed by atoms with Crippen molar-refractivity contribution in [2.75, 3.05) is 42.9 Å². The molecule has 2 aliphatic rings. The summed E-state index contributed by atoms with van der Waals surface area (Å²) in [5, 5.41) is 3.28. The van der Waals surface area contributed by atoms with Gasteiger partial charge in [-0.2, -0.15) is 4.98 Å². The average Bonchev–Trinajstić information content (AvgIpc) is 2.69. The summed E-state index contributed by atoms with van der Waals surface area (Å²) >= 11 is 0. The molecule has 0 bridgehead atoms. The molecule has 1 saturated heterocycles. The Bertz CT molecular complexity index is 800. The second-order valence-corrected chi connectivity index (χ2v) is 7.25. The third-order valence-electron chi connectivity index (χ3n) is 5.32. The van der Waals surface area contributed by atoms with Gasteiger partial charge in [0.05, 0.1) is 11.3 Å². The van der Waals surface area contributed by atoms with Crippen molar-refractivity contribution in [2.24, 2.45) is 0 Å². The van der Waals surface area contributed by atoms with E-state index in [-0.39, 0.29) is 5.78 Å². The Balaban J connectivity index is 1.48. The molecule has 27 heavy (non-hydrogen) atoms. The summed E-state index contributed by atoms with van der Waals surface area (Å²) in [6, 6.07) is 10.6. The lowest BCUT2D eigenvalue weighted by Gasteiger charge is -2.35. The largest absolute Gasteiger partial charge is 0.370 e. The molecule has 0 amide bonds. The van der Waals surface area contributed by atoms with Gasteiger partial charge in [0, 0.05) is 45.7 Å². The maximum absolute atomic E-state index is 12.3. The number of Topliss-reactive ketones (excluding diaryl/α,β-unsaturated/α-hetero) is 1. The third kappa shape index (κ3) is 3.95. The number of fused-ring (bicyclic) bond motifs is 1. The smallest absolute Gasteiger partial charge is 0.227 e. The van der Waals surface area contributed by atoms with Crippen LogP contribution in [0.3, 0.4) is 0 Å². The lowest BCUT2D eigenvalue weighted by atomic mass is 9.95. The summed E-state index contributed by atoms with van der Waals surface area (Å²) < 4.78 is 0. The molecule has 2 aromatic rings. The van der Waals surface area contributed by atoms with Gasteiger partial charge in [0.2, 0.25) is 5.95 Å². The van der Waals surface area contributed by atoms with Crippen molar-refractivity contribution in [1.82, 2.24) is 14.9 Å². The average molecular weight is 365 g/mol. The van der Waals surface area contributed by atoms with Gasteiger partial charge in [-0.1, -0.05) is 30.3 Å². The number of piperazine rings is 1. The molecule has 1 aliphatic carbocycles. The van der Waals surface area contributed by atoms with E-state index in [1.807, 2.05) is 6.92 Å². The van der Waals surface area contributed by atoms with Crippen molar-refractivity contribution in [3.63, 3.8) is 0 Å². The molecule has 1 N–H and O–H groups in total. The molecule has 0 saturated carbocycles. The lowest BCUT2D eigenvalue weighted by Crippen LogP contribution is -2.46. The number of nitrogens with zero attached hydrogens (tertiary/aromatic N) is 4. The highest BCUT2D eigenvalue weighted by Gasteiger charge is 2.27. The zero-order valence-corrected chi connectivity index (χ0v) is 15.9. The zero-order chi connectivity index (χ0) is 18.6. The van der Waals surface area contributed by atoms with E-state index in [0.29, 0.717) is 12.2 Å². The van der Waals surface area contributed by atoms with Crippen LogP contribution in [0.5, 0.6) is 0 Å². The van der Waals surface area contributed by atoms with E-state index in [9.17, 15) is 4.79 Å². The van der Waals surface area contributed by atoms with E-state index in [2.05, 4.69) is 45.4 Å². The van der Waals surface area contributed by atoms with E-state index in [1.165, 1.54) is 5.56 Å². The fourth-order valence-electron chi connectivity index (χ4n) is 3.89. The second-order valence-electron chi connectivity index (χ2n) is 7.25. The number of nitrogens with one attached hydrogen (secondary N) is 1. The quantitative estimate of drug-likeness (QED) is 0.879. The van der Waals surface area contributed by atoms with Crippen LogP contribution in [0.25, 0.3) is 0 Å². The fraction of sp³-hybridized carbons (Fsp3) is 0.476. The molecule has 0 radical (unpaired) electrons. The maximum atomic E-state index is 12.3. The molecule has 1 fully saturated rings. The molecule has 1 aliphatic heterocycles. The lowest BCUT2D eigenvalue weighted by molar-refractivity contribution is 0.0972. The van der Waals surface area contributed by atoms with Crippen molar-refractivity contribution in [2.45, 2.75) is 32.7 Å². The first-order valence-electron chi connectivity index (χ1n) is 9.94. The van der Waals surface area contributed by atoms with Gasteiger partial charge >= 0.3 is 0 Å². The van der Waals surface area contributed by atoms with Crippen molar-refractivity contribution in [3.8, 4) is 0 Å². The summed E-state index contributed by atoms with van der Waals surface area (Å²) in [7, 11) is 0. The van der Waals surface area contributed by atoms with Crippen LogP contribution in [-0.4, -0.2) is 53.4 Å². The number of benzene rings is 1. The first kappa shape index (κ1) is 17.9. The van der Waals surface area contributed by atoms with Crippen LogP contribution in [-0.2, 0) is 13.0 Å². The Labute approximate surface area is 160 Å². The Morgan fingerprint density at radius 2 is 1.81 bits per heavy atom. The first-order valence-corrected chi connectivity index (χ1v) is 9.94. The second kappa shape index (κ2) is 8.05. The van der Waals surface area contributed by atoms with Crippen LogP contribution >= 0.6 is 0 Å². The van der Waals surface area contributed by atoms with E-state index < -0.39 is 0 Å². The van der Waals surface area contributed by atoms with Crippen LogP contribution in [0.15, 0.2) is 30.3 Å². The molecule has 1 aromatic heterocycles. The van der Waals surface area contributed by atoms with E-state index in [4.69, 9.17) is 9.97 Å². The summed E-state index contributed by atoms with van der Waals surface area (Å²) in [5.74, 6) is 1.65. The molecule has 2 heterocycles. The van der Waals surface area contributed by atoms with E-state index >= 15 is 0 Å². The number of carbonyl (C=O) groups excluding carboxylic acids is 1. The van der Waals surface area contributed by atoms with E-state index in [0.717, 1.165) is 69.3 Å². The molecule has 0 unspecified atom stereocenters. The number of carbonyl (C=O) groups is 1. The minimum atomic E-state index is 0.173. The molecule has 0 atom stereocenters. The Morgan fingerprint density at radius 3 is 2.56 bits per heavy atom. The van der Waals surface area contributed by atoms with Crippen molar-refractivity contribution < 1.29 is 4.79 Å². The fourth-order valence-corrected chi connectivity index (χ4v) is 3.89. The predicted octanol–water partition coefficient (Wildman–Crippen LogP) is 2.75. The summed E-state index contributed by atoms with van der Waals surface area (Å²) in [5.41, 5.74) is 2.98. The standard InChI is InChI=1S/C21H27N5O/c1-2-22-20-19-17(9-6-10-18(19)27)23-21(24-20)26-13-11-25(12-14-26)15-16-7-4-3-5-8-16/h3-5,7-8H,2,6,9-15H2,1H3,(H,22,23,24). The maximum Gasteiger partial charge on any atom is 0.227 e. The zero-order valence-electron chi connectivity index (χ0n) is 15.9. The normalized spacial score (nSPS) is 17.7. The van der Waals surface area contributed by atoms with Crippen LogP contribution < -0.4 is 10.2 Å². The Morgan fingerprint density at radius 1 is 1.04 bits per heavy atom. The Kier molecular flexibility index (Phi) is 5.34. The number of hydrogen-bond acceptors (Lipinski definition) is 6. The van der Waals surface area contributed by atoms with Gasteiger partial charge in [-0.15, -0.1) is 0 Å². The summed E-state index contributed by atoms with van der Waals surface area (Å²) in [6.45, 7) is 7.56. The van der Waals surface area contributed by atoms with Crippen molar-refractivity contribution in [3.05, 3.63) is 47.2 Å². The third-order valence-corrected chi connectivity index (χ3v) is 5.32. The van der Waals surface area contributed by atoms with E-state index in [1.54, 1.807) is 0 Å². The summed E-state index contributed by atoms with van der Waals surface area (Å²) in [6.07, 6.45) is 2.36. The molecular formula is C21H27N5O. The summed E-state index contributed by atoms with van der Waals surface area (Å²) in [4.78, 5) is 26.6. The Hall–Kier alpha value is -2.47. The van der Waals surface area contributed by atoms with Gasteiger partial charge in [-0.3, -0.25) is 9.69 Å². The van der Waals surface area contributed by atoms with Gasteiger partial charge in [0.1, 0.15) is 5.82 Å². The van der Waals surface area contributed by atoms with Gasteiger partial charge in [-0.25, -0.2) is 4.98 Å². The minimum Gasteiger partial charge on any atom is -0.370 e. The minimum absolute atomic E-state index is 0.173. The van der Waals surface area contributed by atoms with Crippen LogP contribution in [0.4, 0.5) is 11.8 Å². The molecule has 4 rings (SSSR count). The number of aryl methyl sites for hydroxylation is 1. The topological polar surface area (TPSA) is 61.4 Å². The molecule has 6 nitrogen and oxygen atoms in total.